The number of benzene rings is 1. The van der Waals surface area contributed by atoms with E-state index in [0.29, 0.717) is 3.92 Å². The maximum absolute atomic E-state index is 6.26. The fourth-order valence-electron chi connectivity index (χ4n) is 1.98. The van der Waals surface area contributed by atoms with Gasteiger partial charge in [-0.2, -0.15) is 0 Å². The molecular weight excluding hydrogens is 357 g/mol. The normalized spacial score (nSPS) is 12.4. The van der Waals surface area contributed by atoms with Gasteiger partial charge in [-0.1, -0.05) is 59.3 Å². The Morgan fingerprint density at radius 1 is 1.28 bits per heavy atom. The van der Waals surface area contributed by atoms with E-state index in [9.17, 15) is 0 Å². The van der Waals surface area contributed by atoms with Crippen molar-refractivity contribution >= 4 is 34.2 Å². The van der Waals surface area contributed by atoms with Crippen LogP contribution in [-0.2, 0) is 6.42 Å². The molecule has 1 aromatic heterocycles. The van der Waals surface area contributed by atoms with Crippen molar-refractivity contribution in [1.29, 1.82) is 0 Å². The highest BCUT2D eigenvalue weighted by Gasteiger charge is 2.07. The summed E-state index contributed by atoms with van der Waals surface area (Å²) in [4.78, 5) is 4.51. The largest absolute Gasteiger partial charge is 0.261 e. The van der Waals surface area contributed by atoms with Crippen LogP contribution in [-0.4, -0.2) is 8.91 Å². The van der Waals surface area contributed by atoms with Crippen LogP contribution < -0.4 is 0 Å². The van der Waals surface area contributed by atoms with Crippen LogP contribution in [0.3, 0.4) is 0 Å². The third-order valence-corrected chi connectivity index (χ3v) is 3.58. The third kappa shape index (κ3) is 3.23. The molecule has 0 N–H and O–H groups in total. The molecule has 3 heteroatoms. The summed E-state index contributed by atoms with van der Waals surface area (Å²) in [5, 5.41) is 0.784. The molecule has 0 saturated carbocycles. The molecule has 1 nitrogen and oxygen atoms in total. The van der Waals surface area contributed by atoms with Gasteiger partial charge in [0.25, 0.3) is 0 Å². The molecule has 0 aliphatic carbocycles. The Kier molecular flexibility index (Phi) is 4.62. The van der Waals surface area contributed by atoms with Gasteiger partial charge in [-0.05, 0) is 24.6 Å². The maximum atomic E-state index is 6.26. The molecule has 18 heavy (non-hydrogen) atoms. The van der Waals surface area contributed by atoms with Crippen LogP contribution in [0.4, 0.5) is 0 Å². The Morgan fingerprint density at radius 3 is 2.61 bits per heavy atom. The summed E-state index contributed by atoms with van der Waals surface area (Å²) in [5.41, 5.74) is 4.48. The minimum Gasteiger partial charge on any atom is -0.261 e. The molecule has 2 aromatic rings. The van der Waals surface area contributed by atoms with E-state index in [1.54, 1.807) is 0 Å². The fraction of sp³-hybridized carbons (Fsp3) is 0.267. The number of alkyl halides is 1. The Hall–Kier alpha value is -0.610. The molecule has 0 spiro atoms. The van der Waals surface area contributed by atoms with Crippen molar-refractivity contribution in [2.45, 2.75) is 24.2 Å². The predicted octanol–water partition coefficient (Wildman–Crippen LogP) is 5.08. The smallest absolute Gasteiger partial charge is 0.0487 e. The second kappa shape index (κ2) is 6.02. The Labute approximate surface area is 127 Å². The number of hydrogen-bond donors (Lipinski definition) is 0. The van der Waals surface area contributed by atoms with Crippen molar-refractivity contribution in [1.82, 2.24) is 4.98 Å². The summed E-state index contributed by atoms with van der Waals surface area (Å²) >= 11 is 8.67. The Morgan fingerprint density at radius 2 is 2.06 bits per heavy atom. The maximum Gasteiger partial charge on any atom is 0.0487 e. The van der Waals surface area contributed by atoms with Crippen molar-refractivity contribution < 1.29 is 0 Å². The van der Waals surface area contributed by atoms with Crippen LogP contribution in [0, 0.1) is 6.92 Å². The number of nitrogens with zero attached hydrogens (tertiary/aromatic N) is 1. The zero-order chi connectivity index (χ0) is 13.1. The monoisotopic (exact) mass is 371 g/mol. The highest BCUT2D eigenvalue weighted by Crippen LogP contribution is 2.30. The first-order valence-electron chi connectivity index (χ1n) is 5.92. The van der Waals surface area contributed by atoms with E-state index in [2.05, 4.69) is 59.6 Å². The van der Waals surface area contributed by atoms with Gasteiger partial charge in [0.15, 0.2) is 0 Å². The lowest BCUT2D eigenvalue weighted by atomic mass is 10.0. The molecule has 0 saturated heterocycles. The van der Waals surface area contributed by atoms with Crippen molar-refractivity contribution in [3.05, 3.63) is 52.8 Å². The Balaban J connectivity index is 2.35. The molecule has 0 radical (unpaired) electrons. The summed E-state index contributed by atoms with van der Waals surface area (Å²) in [5.74, 6) is 0. The molecular formula is C15H15ClIN. The molecule has 2 rings (SSSR count). The number of halogens is 2. The lowest BCUT2D eigenvalue weighted by molar-refractivity contribution is 0.928. The summed E-state index contributed by atoms with van der Waals surface area (Å²) in [7, 11) is 0. The number of rotatable bonds is 3. The molecule has 94 valence electrons. The van der Waals surface area contributed by atoms with Gasteiger partial charge in [0, 0.05) is 38.4 Å². The first-order chi connectivity index (χ1) is 8.58. The second-order valence-electron chi connectivity index (χ2n) is 4.45. The van der Waals surface area contributed by atoms with Gasteiger partial charge in [0.1, 0.15) is 0 Å². The van der Waals surface area contributed by atoms with E-state index in [4.69, 9.17) is 11.6 Å². The van der Waals surface area contributed by atoms with Crippen molar-refractivity contribution in [2.75, 3.05) is 0 Å². The van der Waals surface area contributed by atoms with Crippen LogP contribution in [0.5, 0.6) is 0 Å². The summed E-state index contributed by atoms with van der Waals surface area (Å²) in [6, 6.07) is 10.2. The van der Waals surface area contributed by atoms with Crippen LogP contribution in [0.2, 0.25) is 5.02 Å². The molecule has 1 atom stereocenters. The molecule has 0 fully saturated rings. The highest BCUT2D eigenvalue weighted by molar-refractivity contribution is 14.1. The van der Waals surface area contributed by atoms with Crippen molar-refractivity contribution in [2.24, 2.45) is 0 Å². The summed E-state index contributed by atoms with van der Waals surface area (Å²) in [6.07, 6.45) is 2.92. The zero-order valence-corrected chi connectivity index (χ0v) is 13.4. The van der Waals surface area contributed by atoms with Crippen molar-refractivity contribution in [3.8, 4) is 11.1 Å². The van der Waals surface area contributed by atoms with E-state index in [1.807, 2.05) is 18.3 Å². The topological polar surface area (TPSA) is 12.9 Å². The van der Waals surface area contributed by atoms with E-state index in [1.165, 1.54) is 5.56 Å². The number of hydrogen-bond acceptors (Lipinski definition) is 1. The van der Waals surface area contributed by atoms with Crippen LogP contribution in [0.25, 0.3) is 11.1 Å². The van der Waals surface area contributed by atoms with E-state index < -0.39 is 0 Å². The average Bonchev–Trinajstić information content (AvgIpc) is 2.30. The highest BCUT2D eigenvalue weighted by atomic mass is 127. The summed E-state index contributed by atoms with van der Waals surface area (Å²) in [6.45, 7) is 4.26. The Bertz CT molecular complexity index is 514. The third-order valence-electron chi connectivity index (χ3n) is 2.83. The minimum atomic E-state index is 0.600. The SMILES string of the molecule is Cc1cccc(Cl)c1-c1ccc(CC(C)I)nc1. The first-order valence-corrected chi connectivity index (χ1v) is 7.55. The number of aryl methyl sites for hydroxylation is 1. The fourth-order valence-corrected chi connectivity index (χ4v) is 2.76. The number of aromatic nitrogens is 1. The zero-order valence-electron chi connectivity index (χ0n) is 10.5. The van der Waals surface area contributed by atoms with E-state index in [-0.39, 0.29) is 0 Å². The molecule has 0 aliphatic rings. The number of pyridine rings is 1. The average molecular weight is 372 g/mol. The van der Waals surface area contributed by atoms with E-state index in [0.717, 1.165) is 28.3 Å². The van der Waals surface area contributed by atoms with Crippen LogP contribution >= 0.6 is 34.2 Å². The van der Waals surface area contributed by atoms with Gasteiger partial charge >= 0.3 is 0 Å². The predicted molar refractivity (Wildman–Crippen MR) is 86.6 cm³/mol. The van der Waals surface area contributed by atoms with Crippen LogP contribution in [0.1, 0.15) is 18.2 Å². The van der Waals surface area contributed by atoms with Gasteiger partial charge in [0.05, 0.1) is 0 Å². The summed E-state index contributed by atoms with van der Waals surface area (Å²) < 4.78 is 0.600. The second-order valence-corrected chi connectivity index (χ2v) is 6.99. The lowest BCUT2D eigenvalue weighted by Crippen LogP contribution is -1.99. The van der Waals surface area contributed by atoms with Gasteiger partial charge in [-0.3, -0.25) is 4.98 Å². The van der Waals surface area contributed by atoms with Gasteiger partial charge < -0.3 is 0 Å². The van der Waals surface area contributed by atoms with E-state index >= 15 is 0 Å². The molecule has 0 amide bonds. The molecule has 0 aliphatic heterocycles. The molecule has 1 aromatic carbocycles. The standard InChI is InChI=1S/C15H15ClIN/c1-10-4-3-5-14(16)15(10)12-6-7-13(18-9-12)8-11(2)17/h3-7,9,11H,8H2,1-2H3. The van der Waals surface area contributed by atoms with Crippen LogP contribution in [0.15, 0.2) is 36.5 Å². The van der Waals surface area contributed by atoms with Crippen molar-refractivity contribution in [3.63, 3.8) is 0 Å². The quantitative estimate of drug-likeness (QED) is 0.542. The van der Waals surface area contributed by atoms with Gasteiger partial charge in [-0.15, -0.1) is 0 Å². The minimum absolute atomic E-state index is 0.600. The molecule has 0 bridgehead atoms. The molecule has 1 unspecified atom stereocenters. The lowest BCUT2D eigenvalue weighted by Gasteiger charge is -2.09. The van der Waals surface area contributed by atoms with Gasteiger partial charge in [-0.25, -0.2) is 0 Å². The first kappa shape index (κ1) is 13.8. The molecule has 1 heterocycles. The van der Waals surface area contributed by atoms with Gasteiger partial charge in [0.2, 0.25) is 0 Å².